The summed E-state index contributed by atoms with van der Waals surface area (Å²) in [6, 6.07) is 33.5. The van der Waals surface area contributed by atoms with Crippen molar-refractivity contribution in [3.63, 3.8) is 0 Å². The molecule has 1 heteroatoms. The van der Waals surface area contributed by atoms with Crippen LogP contribution in [-0.2, 0) is 5.41 Å². The van der Waals surface area contributed by atoms with Crippen LogP contribution >= 0.6 is 0 Å². The maximum absolute atomic E-state index is 2.57. The van der Waals surface area contributed by atoms with Crippen LogP contribution in [0.5, 0.6) is 0 Å². The molecule has 4 aromatic rings. The Balaban J connectivity index is 1.80. The lowest BCUT2D eigenvalue weighted by atomic mass is 9.81. The van der Waals surface area contributed by atoms with Gasteiger partial charge in [-0.2, -0.15) is 0 Å². The number of benzene rings is 4. The molecular weight excluding hydrogens is 422 g/mol. The second-order valence-corrected chi connectivity index (χ2v) is 11.7. The van der Waals surface area contributed by atoms with Gasteiger partial charge in [-0.1, -0.05) is 100 Å². The van der Waals surface area contributed by atoms with Crippen LogP contribution in [0.15, 0.2) is 91.0 Å². The van der Waals surface area contributed by atoms with E-state index < -0.39 is 0 Å². The lowest BCUT2D eigenvalue weighted by molar-refractivity contribution is 0.557. The Morgan fingerprint density at radius 3 is 1.89 bits per heavy atom. The van der Waals surface area contributed by atoms with E-state index in [1.807, 2.05) is 0 Å². The number of nitrogens with zero attached hydrogens (tertiary/aromatic N) is 1. The molecule has 35 heavy (non-hydrogen) atoms. The molecule has 0 spiro atoms. The summed E-state index contributed by atoms with van der Waals surface area (Å²) in [5, 5.41) is 0. The minimum absolute atomic E-state index is 0.0291. The van der Waals surface area contributed by atoms with Crippen LogP contribution < -0.4 is 4.90 Å². The highest BCUT2D eigenvalue weighted by molar-refractivity contribution is 5.88. The molecule has 0 bridgehead atoms. The SMILES string of the molecule is CC(C)c1cc2c(cc1N(c1ccccc1-c1ccccc1)C(C)(C)C)C(C)(C)c1ccccc1-2. The fraction of sp³-hybridized carbons (Fsp3) is 0.294. The fourth-order valence-corrected chi connectivity index (χ4v) is 5.79. The van der Waals surface area contributed by atoms with Crippen molar-refractivity contribution in [1.29, 1.82) is 0 Å². The largest absolute Gasteiger partial charge is 0.335 e. The third kappa shape index (κ3) is 3.88. The Kier molecular flexibility index (Phi) is 5.63. The summed E-state index contributed by atoms with van der Waals surface area (Å²) in [6.45, 7) is 16.4. The molecule has 1 nitrogen and oxygen atoms in total. The van der Waals surface area contributed by atoms with Gasteiger partial charge in [0, 0.05) is 27.9 Å². The topological polar surface area (TPSA) is 3.24 Å². The Bertz CT molecular complexity index is 1370. The highest BCUT2D eigenvalue weighted by Gasteiger charge is 2.38. The first kappa shape index (κ1) is 23.4. The molecule has 0 atom stereocenters. The maximum atomic E-state index is 2.57. The average Bonchev–Trinajstić information content (AvgIpc) is 3.05. The predicted molar refractivity (Wildman–Crippen MR) is 152 cm³/mol. The highest BCUT2D eigenvalue weighted by atomic mass is 15.2. The van der Waals surface area contributed by atoms with Gasteiger partial charge in [0.2, 0.25) is 0 Å². The zero-order chi connectivity index (χ0) is 25.0. The highest BCUT2D eigenvalue weighted by Crippen LogP contribution is 2.53. The predicted octanol–water partition coefficient (Wildman–Crippen LogP) is 9.72. The minimum atomic E-state index is -0.113. The number of rotatable bonds is 4. The number of hydrogen-bond donors (Lipinski definition) is 0. The third-order valence-electron chi connectivity index (χ3n) is 7.49. The summed E-state index contributed by atoms with van der Waals surface area (Å²) in [7, 11) is 0. The molecule has 1 aliphatic rings. The number of fused-ring (bicyclic) bond motifs is 3. The van der Waals surface area contributed by atoms with Crippen LogP contribution in [0.3, 0.4) is 0 Å². The Labute approximate surface area is 211 Å². The Morgan fingerprint density at radius 2 is 1.23 bits per heavy atom. The number of para-hydroxylation sites is 1. The molecule has 1 aliphatic carbocycles. The van der Waals surface area contributed by atoms with Gasteiger partial charge in [-0.05, 0) is 78.3 Å². The van der Waals surface area contributed by atoms with Crippen LogP contribution in [0.4, 0.5) is 11.4 Å². The minimum Gasteiger partial charge on any atom is -0.335 e. The van der Waals surface area contributed by atoms with Gasteiger partial charge in [-0.25, -0.2) is 0 Å². The molecule has 0 unspecified atom stereocenters. The molecule has 0 aliphatic heterocycles. The second kappa shape index (κ2) is 8.41. The van der Waals surface area contributed by atoms with Gasteiger partial charge in [0.1, 0.15) is 0 Å². The summed E-state index contributed by atoms with van der Waals surface area (Å²) >= 11 is 0. The Morgan fingerprint density at radius 1 is 0.629 bits per heavy atom. The van der Waals surface area contributed by atoms with Crippen molar-refractivity contribution in [2.45, 2.75) is 65.3 Å². The van der Waals surface area contributed by atoms with Crippen molar-refractivity contribution in [3.8, 4) is 22.3 Å². The van der Waals surface area contributed by atoms with E-state index in [4.69, 9.17) is 0 Å². The first-order valence-corrected chi connectivity index (χ1v) is 12.8. The van der Waals surface area contributed by atoms with Crippen molar-refractivity contribution in [2.24, 2.45) is 0 Å². The monoisotopic (exact) mass is 459 g/mol. The fourth-order valence-electron chi connectivity index (χ4n) is 5.79. The zero-order valence-corrected chi connectivity index (χ0v) is 22.2. The van der Waals surface area contributed by atoms with Gasteiger partial charge in [-0.3, -0.25) is 0 Å². The summed E-state index contributed by atoms with van der Waals surface area (Å²) in [5.41, 5.74) is 12.0. The van der Waals surface area contributed by atoms with Gasteiger partial charge >= 0.3 is 0 Å². The van der Waals surface area contributed by atoms with Crippen molar-refractivity contribution in [3.05, 3.63) is 108 Å². The van der Waals surface area contributed by atoms with Gasteiger partial charge in [0.05, 0.1) is 0 Å². The van der Waals surface area contributed by atoms with E-state index in [0.29, 0.717) is 5.92 Å². The smallest absolute Gasteiger partial charge is 0.0495 e. The van der Waals surface area contributed by atoms with Crippen LogP contribution in [-0.4, -0.2) is 5.54 Å². The van der Waals surface area contributed by atoms with Crippen LogP contribution in [0.1, 0.15) is 71.1 Å². The summed E-state index contributed by atoms with van der Waals surface area (Å²) in [6.07, 6.45) is 0. The van der Waals surface area contributed by atoms with Crippen molar-refractivity contribution in [2.75, 3.05) is 4.90 Å². The van der Waals surface area contributed by atoms with E-state index in [1.165, 1.54) is 50.3 Å². The van der Waals surface area contributed by atoms with E-state index in [9.17, 15) is 0 Å². The van der Waals surface area contributed by atoms with E-state index in [2.05, 4.69) is 144 Å². The molecule has 5 rings (SSSR count). The van der Waals surface area contributed by atoms with Crippen molar-refractivity contribution < 1.29 is 0 Å². The van der Waals surface area contributed by atoms with E-state index in [-0.39, 0.29) is 11.0 Å². The molecule has 0 N–H and O–H groups in total. The van der Waals surface area contributed by atoms with Gasteiger partial charge < -0.3 is 4.90 Å². The quantitative estimate of drug-likeness (QED) is 0.293. The second-order valence-electron chi connectivity index (χ2n) is 11.7. The molecule has 4 aromatic carbocycles. The third-order valence-corrected chi connectivity index (χ3v) is 7.49. The van der Waals surface area contributed by atoms with Crippen molar-refractivity contribution in [1.82, 2.24) is 0 Å². The van der Waals surface area contributed by atoms with Gasteiger partial charge in [-0.15, -0.1) is 0 Å². The van der Waals surface area contributed by atoms with E-state index in [0.717, 1.165) is 0 Å². The van der Waals surface area contributed by atoms with Crippen molar-refractivity contribution >= 4 is 11.4 Å². The molecule has 0 heterocycles. The van der Waals surface area contributed by atoms with E-state index >= 15 is 0 Å². The molecule has 0 radical (unpaired) electrons. The van der Waals surface area contributed by atoms with Crippen LogP contribution in [0.25, 0.3) is 22.3 Å². The molecule has 0 saturated carbocycles. The summed E-state index contributed by atoms with van der Waals surface area (Å²) in [5.74, 6) is 0.403. The lowest BCUT2D eigenvalue weighted by Crippen LogP contribution is -2.38. The lowest BCUT2D eigenvalue weighted by Gasteiger charge is -2.41. The molecule has 0 aromatic heterocycles. The number of hydrogen-bond acceptors (Lipinski definition) is 1. The molecular formula is C34H37N. The van der Waals surface area contributed by atoms with Gasteiger partial charge in [0.15, 0.2) is 0 Å². The molecule has 178 valence electrons. The Hall–Kier alpha value is -3.32. The zero-order valence-electron chi connectivity index (χ0n) is 22.2. The molecule has 0 saturated heterocycles. The maximum Gasteiger partial charge on any atom is 0.0495 e. The molecule has 0 fully saturated rings. The number of anilines is 2. The first-order chi connectivity index (χ1) is 16.6. The average molecular weight is 460 g/mol. The summed E-state index contributed by atoms with van der Waals surface area (Å²) in [4.78, 5) is 2.57. The first-order valence-electron chi connectivity index (χ1n) is 12.8. The van der Waals surface area contributed by atoms with E-state index in [1.54, 1.807) is 0 Å². The molecule has 0 amide bonds. The summed E-state index contributed by atoms with van der Waals surface area (Å²) < 4.78 is 0. The van der Waals surface area contributed by atoms with Crippen LogP contribution in [0, 0.1) is 0 Å². The standard InChI is InChI=1S/C34H37N/c1-23(2)27-21-28-26-18-11-13-19-29(26)34(6,7)30(28)22-32(27)35(33(3,4)5)31-20-14-12-17-25(31)24-15-9-8-10-16-24/h8-23H,1-7H3. The van der Waals surface area contributed by atoms with Gasteiger partial charge in [0.25, 0.3) is 0 Å². The van der Waals surface area contributed by atoms with Crippen LogP contribution in [0.2, 0.25) is 0 Å². The normalized spacial score (nSPS) is 14.1.